The first kappa shape index (κ1) is 9.69. The molecule has 2 rings (SSSR count). The highest BCUT2D eigenvalue weighted by atomic mass is 16.5. The summed E-state index contributed by atoms with van der Waals surface area (Å²) in [6, 6.07) is 10.7. The van der Waals surface area contributed by atoms with Gasteiger partial charge in [0.25, 0.3) is 0 Å². The van der Waals surface area contributed by atoms with Gasteiger partial charge in [0.1, 0.15) is 0 Å². The van der Waals surface area contributed by atoms with Crippen molar-refractivity contribution in [2.24, 2.45) is 0 Å². The van der Waals surface area contributed by atoms with Crippen LogP contribution in [-0.4, -0.2) is 17.8 Å². The van der Waals surface area contributed by atoms with Gasteiger partial charge in [0.05, 0.1) is 18.3 Å². The van der Waals surface area contributed by atoms with Gasteiger partial charge in [-0.25, -0.2) is 0 Å². The average molecular weight is 191 g/mol. The van der Waals surface area contributed by atoms with E-state index in [1.54, 1.807) is 0 Å². The predicted octanol–water partition coefficient (Wildman–Crippen LogP) is 1.87. The molecule has 1 aliphatic rings. The molecule has 0 amide bonds. The van der Waals surface area contributed by atoms with Gasteiger partial charge in [-0.15, -0.1) is 0 Å². The molecule has 0 aliphatic carbocycles. The van der Waals surface area contributed by atoms with Gasteiger partial charge in [0.15, 0.2) is 0 Å². The van der Waals surface area contributed by atoms with Crippen molar-refractivity contribution in [3.8, 4) is 0 Å². The van der Waals surface area contributed by atoms with Gasteiger partial charge in [-0.2, -0.15) is 0 Å². The van der Waals surface area contributed by atoms with Crippen LogP contribution in [0.2, 0.25) is 0 Å². The number of hydrogen-bond donors (Lipinski definition) is 1. The van der Waals surface area contributed by atoms with Crippen molar-refractivity contribution in [3.05, 3.63) is 35.9 Å². The highest BCUT2D eigenvalue weighted by Crippen LogP contribution is 2.33. The molecule has 1 fully saturated rings. The summed E-state index contributed by atoms with van der Waals surface area (Å²) in [6.45, 7) is 2.62. The summed E-state index contributed by atoms with van der Waals surface area (Å²) in [5.41, 5.74) is 0.147. The third kappa shape index (κ3) is 1.81. The van der Waals surface area contributed by atoms with E-state index in [0.29, 0.717) is 19.4 Å². The fraction of sp³-hybridized carbons (Fsp3) is 0.500. The van der Waals surface area contributed by atoms with E-state index in [1.165, 1.54) is 0 Å². The van der Waals surface area contributed by atoms with Crippen LogP contribution in [0.3, 0.4) is 0 Å². The van der Waals surface area contributed by atoms with Crippen LogP contribution >= 0.6 is 0 Å². The second-order valence-electron chi connectivity index (χ2n) is 3.94. The van der Waals surface area contributed by atoms with Crippen LogP contribution in [0.1, 0.15) is 25.3 Å². The second-order valence-corrected chi connectivity index (χ2v) is 3.94. The fourth-order valence-electron chi connectivity index (χ4n) is 1.99. The number of hydrogen-bond acceptors (Lipinski definition) is 2. The Hall–Kier alpha value is -0.860. The van der Waals surface area contributed by atoms with E-state index in [1.807, 2.05) is 31.2 Å². The van der Waals surface area contributed by atoms with E-state index in [4.69, 9.17) is 4.74 Å². The fourth-order valence-corrected chi connectivity index (χ4v) is 1.99. The molecule has 2 atom stereocenters. The second kappa shape index (κ2) is 3.71. The van der Waals surface area contributed by atoms with Gasteiger partial charge in [-0.05, 0) is 18.6 Å². The zero-order valence-electron chi connectivity index (χ0n) is 8.36. The quantitative estimate of drug-likeness (QED) is 0.734. The molecule has 0 spiro atoms. The predicted molar refractivity (Wildman–Crippen MR) is 53.8 cm³/mol. The first-order chi connectivity index (χ1) is 6.71. The summed E-state index contributed by atoms with van der Waals surface area (Å²) in [7, 11) is 0. The molecule has 1 N–H and O–H groups in total. The highest BCUT2D eigenvalue weighted by Gasteiger charge is 2.34. The summed E-state index contributed by atoms with van der Waals surface area (Å²) in [5.74, 6) is 0. The molecule has 0 aromatic heterocycles. The number of benzene rings is 1. The maximum atomic E-state index is 10.4. The minimum Gasteiger partial charge on any atom is -0.385 e. The number of rotatable bonds is 1. The Labute approximate surface area is 84.5 Å². The van der Waals surface area contributed by atoms with Gasteiger partial charge in [-0.1, -0.05) is 24.3 Å². The molecule has 1 radical (unpaired) electrons. The van der Waals surface area contributed by atoms with Gasteiger partial charge >= 0.3 is 0 Å². The Kier molecular flexibility index (Phi) is 2.57. The Morgan fingerprint density at radius 2 is 2.43 bits per heavy atom. The van der Waals surface area contributed by atoms with E-state index >= 15 is 0 Å². The summed E-state index contributed by atoms with van der Waals surface area (Å²) in [4.78, 5) is 0. The van der Waals surface area contributed by atoms with E-state index < -0.39 is 5.60 Å². The van der Waals surface area contributed by atoms with E-state index in [-0.39, 0.29) is 6.10 Å². The Balaban J connectivity index is 2.23. The minimum atomic E-state index is -0.737. The van der Waals surface area contributed by atoms with Crippen molar-refractivity contribution in [2.45, 2.75) is 31.5 Å². The Morgan fingerprint density at radius 1 is 1.57 bits per heavy atom. The molecular weight excluding hydrogens is 176 g/mol. The SMILES string of the molecule is C[C@H]1C[C@](O)(c2[c]cccc2)CCO1. The average Bonchev–Trinajstić information content (AvgIpc) is 2.19. The van der Waals surface area contributed by atoms with Crippen LogP contribution < -0.4 is 0 Å². The Morgan fingerprint density at radius 3 is 3.07 bits per heavy atom. The topological polar surface area (TPSA) is 29.5 Å². The molecule has 0 unspecified atom stereocenters. The maximum Gasteiger partial charge on any atom is 0.0949 e. The van der Waals surface area contributed by atoms with Crippen molar-refractivity contribution in [2.75, 3.05) is 6.61 Å². The smallest absolute Gasteiger partial charge is 0.0949 e. The molecule has 2 heteroatoms. The van der Waals surface area contributed by atoms with Crippen molar-refractivity contribution in [1.29, 1.82) is 0 Å². The molecule has 75 valence electrons. The Bertz CT molecular complexity index is 296. The molecule has 1 aromatic rings. The van der Waals surface area contributed by atoms with Gasteiger partial charge in [0.2, 0.25) is 0 Å². The molecular formula is C12H15O2. The lowest BCUT2D eigenvalue weighted by molar-refractivity contribution is -0.101. The van der Waals surface area contributed by atoms with Crippen molar-refractivity contribution < 1.29 is 9.84 Å². The summed E-state index contributed by atoms with van der Waals surface area (Å²) in [5, 5.41) is 10.4. The molecule has 0 saturated carbocycles. The van der Waals surface area contributed by atoms with Crippen molar-refractivity contribution in [3.63, 3.8) is 0 Å². The zero-order valence-corrected chi connectivity index (χ0v) is 8.36. The van der Waals surface area contributed by atoms with E-state index in [9.17, 15) is 5.11 Å². The summed E-state index contributed by atoms with van der Waals surface area (Å²) >= 11 is 0. The lowest BCUT2D eigenvalue weighted by Crippen LogP contribution is -2.37. The molecule has 2 nitrogen and oxygen atoms in total. The lowest BCUT2D eigenvalue weighted by Gasteiger charge is -2.35. The molecule has 0 bridgehead atoms. The summed E-state index contributed by atoms with van der Waals surface area (Å²) < 4.78 is 5.42. The van der Waals surface area contributed by atoms with Crippen molar-refractivity contribution in [1.82, 2.24) is 0 Å². The zero-order chi connectivity index (χ0) is 10.0. The number of aliphatic hydroxyl groups is 1. The molecule has 14 heavy (non-hydrogen) atoms. The van der Waals surface area contributed by atoms with Crippen LogP contribution in [0, 0.1) is 6.07 Å². The lowest BCUT2D eigenvalue weighted by atomic mass is 9.84. The van der Waals surface area contributed by atoms with E-state index in [0.717, 1.165) is 5.56 Å². The third-order valence-corrected chi connectivity index (χ3v) is 2.75. The van der Waals surface area contributed by atoms with Crippen LogP contribution in [-0.2, 0) is 10.3 Å². The van der Waals surface area contributed by atoms with Crippen LogP contribution in [0.4, 0.5) is 0 Å². The van der Waals surface area contributed by atoms with Crippen LogP contribution in [0.25, 0.3) is 0 Å². The van der Waals surface area contributed by atoms with Gasteiger partial charge < -0.3 is 9.84 Å². The monoisotopic (exact) mass is 191 g/mol. The molecule has 1 aliphatic heterocycles. The van der Waals surface area contributed by atoms with Gasteiger partial charge in [-0.3, -0.25) is 0 Å². The van der Waals surface area contributed by atoms with Gasteiger partial charge in [0, 0.05) is 12.8 Å². The maximum absolute atomic E-state index is 10.4. The third-order valence-electron chi connectivity index (χ3n) is 2.75. The first-order valence-corrected chi connectivity index (χ1v) is 5.02. The number of ether oxygens (including phenoxy) is 1. The normalized spacial score (nSPS) is 32.9. The molecule has 1 aromatic carbocycles. The first-order valence-electron chi connectivity index (χ1n) is 5.02. The minimum absolute atomic E-state index is 0.127. The standard InChI is InChI=1S/C12H15O2/c1-10-9-12(13,7-8-14-10)11-5-3-2-4-6-11/h2-5,10,13H,7-9H2,1H3/t10-,12-/m0/s1. The summed E-state index contributed by atoms with van der Waals surface area (Å²) in [6.07, 6.45) is 1.45. The highest BCUT2D eigenvalue weighted by molar-refractivity contribution is 5.21. The van der Waals surface area contributed by atoms with Crippen molar-refractivity contribution >= 4 is 0 Å². The van der Waals surface area contributed by atoms with Crippen LogP contribution in [0.5, 0.6) is 0 Å². The van der Waals surface area contributed by atoms with Crippen LogP contribution in [0.15, 0.2) is 24.3 Å². The molecule has 1 saturated heterocycles. The van der Waals surface area contributed by atoms with E-state index in [2.05, 4.69) is 6.07 Å². The molecule has 1 heterocycles. The largest absolute Gasteiger partial charge is 0.385 e.